The van der Waals surface area contributed by atoms with Crippen LogP contribution in [-0.4, -0.2) is 31.4 Å². The van der Waals surface area contributed by atoms with E-state index in [9.17, 15) is 18.0 Å². The molecule has 0 saturated heterocycles. The molecule has 1 rings (SSSR count). The number of rotatable bonds is 7. The molecule has 0 aromatic heterocycles. The van der Waals surface area contributed by atoms with Crippen LogP contribution in [0.4, 0.5) is 0 Å². The molecule has 0 aliphatic carbocycles. The molecule has 0 unspecified atom stereocenters. The molecule has 1 amide bonds. The number of carbonyl (C=O) groups is 2. The van der Waals surface area contributed by atoms with Crippen molar-refractivity contribution in [2.75, 3.05) is 0 Å². The highest BCUT2D eigenvalue weighted by Gasteiger charge is 2.25. The van der Waals surface area contributed by atoms with E-state index in [0.717, 1.165) is 0 Å². The summed E-state index contributed by atoms with van der Waals surface area (Å²) in [6, 6.07) is 5.35. The third-order valence-corrected chi connectivity index (χ3v) is 4.06. The van der Waals surface area contributed by atoms with Crippen LogP contribution in [0.3, 0.4) is 0 Å². The number of hydrogen-bond donors (Lipinski definition) is 3. The lowest BCUT2D eigenvalue weighted by molar-refractivity contribution is -0.139. The highest BCUT2D eigenvalue weighted by Crippen LogP contribution is 2.12. The molecule has 1 atom stereocenters. The van der Waals surface area contributed by atoms with Crippen LogP contribution in [0.5, 0.6) is 0 Å². The van der Waals surface area contributed by atoms with Crippen LogP contribution in [0, 0.1) is 11.3 Å². The van der Waals surface area contributed by atoms with Gasteiger partial charge < -0.3 is 10.8 Å². The maximum atomic E-state index is 12.0. The second kappa shape index (κ2) is 6.83. The molecular weight excluding hydrogens is 298 g/mol. The number of nitrogens with one attached hydrogen (secondary N) is 1. The third-order valence-electron chi connectivity index (χ3n) is 2.57. The Balaban J connectivity index is 2.92. The van der Waals surface area contributed by atoms with Gasteiger partial charge in [0.15, 0.2) is 0 Å². The zero-order valence-corrected chi connectivity index (χ0v) is 11.6. The molecule has 1 aromatic rings. The monoisotopic (exact) mass is 311 g/mol. The van der Waals surface area contributed by atoms with Gasteiger partial charge in [-0.1, -0.05) is 0 Å². The van der Waals surface area contributed by atoms with Gasteiger partial charge in [-0.3, -0.25) is 9.59 Å². The molecule has 0 fully saturated rings. The summed E-state index contributed by atoms with van der Waals surface area (Å²) >= 11 is 0. The van der Waals surface area contributed by atoms with Gasteiger partial charge in [0.25, 0.3) is 0 Å². The van der Waals surface area contributed by atoms with Crippen molar-refractivity contribution in [2.24, 2.45) is 5.73 Å². The van der Waals surface area contributed by atoms with Gasteiger partial charge in [-0.2, -0.15) is 9.98 Å². The van der Waals surface area contributed by atoms with Crippen LogP contribution >= 0.6 is 0 Å². The van der Waals surface area contributed by atoms with Crippen molar-refractivity contribution >= 4 is 21.9 Å². The molecule has 21 heavy (non-hydrogen) atoms. The molecule has 0 bridgehead atoms. The normalized spacial score (nSPS) is 12.3. The lowest BCUT2D eigenvalue weighted by Crippen LogP contribution is -2.41. The molecular formula is C12H13N3O5S. The minimum Gasteiger partial charge on any atom is -0.480 e. The second-order valence-corrected chi connectivity index (χ2v) is 5.87. The quantitative estimate of drug-likeness (QED) is 0.620. The first-order valence-electron chi connectivity index (χ1n) is 5.80. The number of nitrogens with zero attached hydrogens (tertiary/aromatic N) is 1. The molecule has 0 aliphatic heterocycles. The Labute approximate surface area is 121 Å². The standard InChI is InChI=1S/C12H13N3O5S/c13-7-8-1-3-9(4-2-8)21(19,20)15-10(12(17)18)5-6-11(14)16/h1-4,10,15H,5-6H2,(H2,14,16)(H,17,18)/t10-/m1/s1. The van der Waals surface area contributed by atoms with Crippen molar-refractivity contribution in [3.05, 3.63) is 29.8 Å². The number of nitrogens with two attached hydrogens (primary N) is 1. The zero-order chi connectivity index (χ0) is 16.0. The van der Waals surface area contributed by atoms with Crippen molar-refractivity contribution in [2.45, 2.75) is 23.8 Å². The summed E-state index contributed by atoms with van der Waals surface area (Å²) in [5, 5.41) is 17.6. The van der Waals surface area contributed by atoms with E-state index in [4.69, 9.17) is 16.1 Å². The van der Waals surface area contributed by atoms with Crippen molar-refractivity contribution in [3.8, 4) is 6.07 Å². The lowest BCUT2D eigenvalue weighted by atomic mass is 10.2. The van der Waals surface area contributed by atoms with Gasteiger partial charge in [-0.15, -0.1) is 0 Å². The molecule has 4 N–H and O–H groups in total. The molecule has 9 heteroatoms. The topological polar surface area (TPSA) is 150 Å². The fourth-order valence-corrected chi connectivity index (χ4v) is 2.71. The Kier molecular flexibility index (Phi) is 5.40. The van der Waals surface area contributed by atoms with Gasteiger partial charge >= 0.3 is 5.97 Å². The van der Waals surface area contributed by atoms with Crippen LogP contribution in [-0.2, 0) is 19.6 Å². The molecule has 0 radical (unpaired) electrons. The molecule has 112 valence electrons. The van der Waals surface area contributed by atoms with E-state index >= 15 is 0 Å². The van der Waals surface area contributed by atoms with Crippen LogP contribution in [0.15, 0.2) is 29.2 Å². The highest BCUT2D eigenvalue weighted by atomic mass is 32.2. The van der Waals surface area contributed by atoms with Crippen LogP contribution in [0.1, 0.15) is 18.4 Å². The Morgan fingerprint density at radius 3 is 2.33 bits per heavy atom. The number of nitriles is 1. The minimum absolute atomic E-state index is 0.174. The number of amides is 1. The van der Waals surface area contributed by atoms with E-state index < -0.39 is 27.9 Å². The SMILES string of the molecule is N#Cc1ccc(S(=O)(=O)N[C@H](CCC(N)=O)C(=O)O)cc1. The number of aliphatic carboxylic acids is 1. The summed E-state index contributed by atoms with van der Waals surface area (Å²) in [6.45, 7) is 0. The maximum Gasteiger partial charge on any atom is 0.321 e. The van der Waals surface area contributed by atoms with Gasteiger partial charge in [0, 0.05) is 6.42 Å². The number of carbonyl (C=O) groups excluding carboxylic acids is 1. The first-order chi connectivity index (χ1) is 9.76. The Morgan fingerprint density at radius 1 is 1.33 bits per heavy atom. The average molecular weight is 311 g/mol. The van der Waals surface area contributed by atoms with E-state index in [-0.39, 0.29) is 23.3 Å². The van der Waals surface area contributed by atoms with Gasteiger partial charge in [-0.25, -0.2) is 8.42 Å². The van der Waals surface area contributed by atoms with Crippen molar-refractivity contribution in [1.29, 1.82) is 5.26 Å². The van der Waals surface area contributed by atoms with Gasteiger partial charge in [-0.05, 0) is 30.7 Å². The number of primary amides is 1. The van der Waals surface area contributed by atoms with E-state index in [0.29, 0.717) is 0 Å². The van der Waals surface area contributed by atoms with Crippen molar-refractivity contribution in [3.63, 3.8) is 0 Å². The smallest absolute Gasteiger partial charge is 0.321 e. The largest absolute Gasteiger partial charge is 0.480 e. The maximum absolute atomic E-state index is 12.0. The molecule has 0 heterocycles. The van der Waals surface area contributed by atoms with Gasteiger partial charge in [0.2, 0.25) is 15.9 Å². The molecule has 0 aliphatic rings. The summed E-state index contributed by atoms with van der Waals surface area (Å²) in [7, 11) is -4.07. The van der Waals surface area contributed by atoms with Crippen molar-refractivity contribution in [1.82, 2.24) is 4.72 Å². The van der Waals surface area contributed by atoms with Crippen molar-refractivity contribution < 1.29 is 23.1 Å². The second-order valence-electron chi connectivity index (χ2n) is 4.15. The Hall–Kier alpha value is -2.44. The number of hydrogen-bond acceptors (Lipinski definition) is 5. The predicted octanol–water partition coefficient (Wildman–Crippen LogP) is -0.445. The number of benzene rings is 1. The summed E-state index contributed by atoms with van der Waals surface area (Å²) in [5.41, 5.74) is 5.18. The average Bonchev–Trinajstić information content (AvgIpc) is 2.43. The first-order valence-corrected chi connectivity index (χ1v) is 7.28. The van der Waals surface area contributed by atoms with Gasteiger partial charge in [0.05, 0.1) is 16.5 Å². The van der Waals surface area contributed by atoms with Crippen LogP contribution in [0.2, 0.25) is 0 Å². The number of sulfonamides is 1. The summed E-state index contributed by atoms with van der Waals surface area (Å²) in [5.74, 6) is -2.13. The third kappa shape index (κ3) is 4.87. The Bertz CT molecular complexity index is 676. The number of carboxylic acid groups (broad SMARTS) is 1. The van der Waals surface area contributed by atoms with E-state index in [1.54, 1.807) is 0 Å². The number of carboxylic acids is 1. The van der Waals surface area contributed by atoms with Crippen LogP contribution < -0.4 is 10.5 Å². The molecule has 0 saturated carbocycles. The minimum atomic E-state index is -4.07. The fourth-order valence-electron chi connectivity index (χ4n) is 1.48. The highest BCUT2D eigenvalue weighted by molar-refractivity contribution is 7.89. The van der Waals surface area contributed by atoms with E-state index in [2.05, 4.69) is 0 Å². The van der Waals surface area contributed by atoms with Crippen LogP contribution in [0.25, 0.3) is 0 Å². The van der Waals surface area contributed by atoms with E-state index in [1.807, 2.05) is 10.8 Å². The fraction of sp³-hybridized carbons (Fsp3) is 0.250. The molecule has 8 nitrogen and oxygen atoms in total. The van der Waals surface area contributed by atoms with E-state index in [1.165, 1.54) is 24.3 Å². The van der Waals surface area contributed by atoms with Gasteiger partial charge in [0.1, 0.15) is 6.04 Å². The first kappa shape index (κ1) is 16.6. The predicted molar refractivity (Wildman–Crippen MR) is 71.3 cm³/mol. The molecule has 0 spiro atoms. The summed E-state index contributed by atoms with van der Waals surface area (Å²) < 4.78 is 26.0. The Morgan fingerprint density at radius 2 is 1.90 bits per heavy atom. The zero-order valence-electron chi connectivity index (χ0n) is 10.8. The molecule has 1 aromatic carbocycles. The summed E-state index contributed by atoms with van der Waals surface area (Å²) in [6.07, 6.45) is -0.507. The summed E-state index contributed by atoms with van der Waals surface area (Å²) in [4.78, 5) is 21.5. The lowest BCUT2D eigenvalue weighted by Gasteiger charge is -2.14.